The highest BCUT2D eigenvalue weighted by Crippen LogP contribution is 2.43. The van der Waals surface area contributed by atoms with Crippen LogP contribution in [-0.4, -0.2) is 12.1 Å². The van der Waals surface area contributed by atoms with Gasteiger partial charge in [-0.1, -0.05) is 65.7 Å². The fourth-order valence-electron chi connectivity index (χ4n) is 3.21. The number of benzene rings is 3. The lowest BCUT2D eigenvalue weighted by atomic mass is 9.88. The number of hydrogen-bond donors (Lipinski definition) is 0. The molecule has 0 aliphatic heterocycles. The van der Waals surface area contributed by atoms with Crippen molar-refractivity contribution in [2.75, 3.05) is 5.01 Å². The summed E-state index contributed by atoms with van der Waals surface area (Å²) in [6.07, 6.45) is -3.50. The molecule has 3 aromatic carbocycles. The van der Waals surface area contributed by atoms with E-state index in [1.54, 1.807) is 30.3 Å². The molecule has 0 spiro atoms. The van der Waals surface area contributed by atoms with Gasteiger partial charge in [0.1, 0.15) is 0 Å². The number of hydrogen-bond acceptors (Lipinski definition) is 3. The minimum Gasteiger partial charge on any atom is -0.273 e. The minimum atomic E-state index is -4.85. The lowest BCUT2D eigenvalue weighted by Gasteiger charge is -2.23. The van der Waals surface area contributed by atoms with Crippen LogP contribution in [0.1, 0.15) is 35.1 Å². The molecule has 33 heavy (non-hydrogen) atoms. The molecule has 0 aliphatic carbocycles. The number of nitrogens with zero attached hydrogens (tertiary/aromatic N) is 3. The molecule has 1 amide bonds. The van der Waals surface area contributed by atoms with Crippen LogP contribution in [0.15, 0.2) is 71.8 Å². The van der Waals surface area contributed by atoms with Gasteiger partial charge < -0.3 is 0 Å². The first-order chi connectivity index (χ1) is 15.6. The Labute approximate surface area is 198 Å². The number of alkyl halides is 3. The number of nitriles is 1. The van der Waals surface area contributed by atoms with Gasteiger partial charge in [-0.3, -0.25) is 4.79 Å². The van der Waals surface area contributed by atoms with E-state index in [9.17, 15) is 23.2 Å². The molecule has 0 aliphatic rings. The Bertz CT molecular complexity index is 1220. The predicted octanol–water partition coefficient (Wildman–Crippen LogP) is 7.05. The molecule has 0 heterocycles. The molecule has 0 radical (unpaired) electrons. The Kier molecular flexibility index (Phi) is 7.42. The molecular weight excluding hydrogens is 474 g/mol. The van der Waals surface area contributed by atoms with E-state index >= 15 is 0 Å². The number of halogens is 5. The Hall–Kier alpha value is -3.34. The molecule has 0 N–H and O–H groups in total. The number of carbonyl (C=O) groups excluding carboxylic acids is 1. The van der Waals surface area contributed by atoms with Crippen LogP contribution in [0.3, 0.4) is 0 Å². The fraction of sp³-hybridized carbons (Fsp3) is 0.125. The molecule has 0 aromatic heterocycles. The van der Waals surface area contributed by atoms with Crippen LogP contribution >= 0.6 is 23.2 Å². The first-order valence-electron chi connectivity index (χ1n) is 9.57. The summed E-state index contributed by atoms with van der Waals surface area (Å²) in [4.78, 5) is 12.2. The molecular formula is C24H16Cl2F3N3O. The molecule has 4 nitrogen and oxygen atoms in total. The summed E-state index contributed by atoms with van der Waals surface area (Å²) in [5, 5.41) is 14.6. The quantitative estimate of drug-likeness (QED) is 0.284. The van der Waals surface area contributed by atoms with Crippen molar-refractivity contribution in [2.45, 2.75) is 19.0 Å². The summed E-state index contributed by atoms with van der Waals surface area (Å²) < 4.78 is 42.2. The standard InChI is InChI=1S/C24H16Cl2F3N3O/c1-15(33)32(31-14-16-5-3-2-4-6-16)19-11-21(24(27,28)29)23(22(26)12-19)20(13-30)17-7-9-18(25)10-8-17/h2-12,14,20H,1H3. The molecule has 9 heteroatoms. The van der Waals surface area contributed by atoms with Crippen molar-refractivity contribution >= 4 is 41.0 Å². The predicted molar refractivity (Wildman–Crippen MR) is 123 cm³/mol. The molecule has 3 rings (SSSR count). The first kappa shape index (κ1) is 24.3. The zero-order chi connectivity index (χ0) is 24.2. The van der Waals surface area contributed by atoms with Gasteiger partial charge in [-0.25, -0.2) is 5.01 Å². The summed E-state index contributed by atoms with van der Waals surface area (Å²) in [5.41, 5.74) is -0.771. The van der Waals surface area contributed by atoms with Crippen LogP contribution < -0.4 is 5.01 Å². The molecule has 0 saturated heterocycles. The topological polar surface area (TPSA) is 56.5 Å². The van der Waals surface area contributed by atoms with E-state index in [0.717, 1.165) is 11.1 Å². The highest BCUT2D eigenvalue weighted by Gasteiger charge is 2.38. The second-order valence-corrected chi connectivity index (χ2v) is 7.83. The SMILES string of the molecule is CC(=O)N(N=Cc1ccccc1)c1cc(Cl)c(C(C#N)c2ccc(Cl)cc2)c(C(F)(F)F)c1. The van der Waals surface area contributed by atoms with Crippen LogP contribution in [0.5, 0.6) is 0 Å². The average Bonchev–Trinajstić information content (AvgIpc) is 2.76. The van der Waals surface area contributed by atoms with E-state index in [2.05, 4.69) is 5.10 Å². The van der Waals surface area contributed by atoms with Crippen molar-refractivity contribution in [1.29, 1.82) is 5.26 Å². The maximum Gasteiger partial charge on any atom is 0.416 e. The second-order valence-electron chi connectivity index (χ2n) is 6.99. The lowest BCUT2D eigenvalue weighted by molar-refractivity contribution is -0.138. The van der Waals surface area contributed by atoms with Gasteiger partial charge in [0, 0.05) is 22.5 Å². The first-order valence-corrected chi connectivity index (χ1v) is 10.3. The Balaban J connectivity index is 2.15. The minimum absolute atomic E-state index is 0.177. The van der Waals surface area contributed by atoms with Crippen molar-refractivity contribution in [3.05, 3.63) is 99.0 Å². The van der Waals surface area contributed by atoms with Crippen LogP contribution in [0.2, 0.25) is 10.0 Å². The second kappa shape index (κ2) is 10.1. The van der Waals surface area contributed by atoms with Crippen LogP contribution in [-0.2, 0) is 11.0 Å². The smallest absolute Gasteiger partial charge is 0.273 e. The van der Waals surface area contributed by atoms with Crippen LogP contribution in [0.4, 0.5) is 18.9 Å². The van der Waals surface area contributed by atoms with Gasteiger partial charge in [0.15, 0.2) is 0 Å². The molecule has 0 bridgehead atoms. The number of anilines is 1. The van der Waals surface area contributed by atoms with Crippen molar-refractivity contribution in [3.8, 4) is 6.07 Å². The van der Waals surface area contributed by atoms with E-state index in [0.29, 0.717) is 16.1 Å². The van der Waals surface area contributed by atoms with Crippen LogP contribution in [0.25, 0.3) is 0 Å². The molecule has 168 valence electrons. The van der Waals surface area contributed by atoms with Crippen molar-refractivity contribution in [1.82, 2.24) is 0 Å². The normalized spacial score (nSPS) is 12.4. The zero-order valence-corrected chi connectivity index (χ0v) is 18.7. The lowest BCUT2D eigenvalue weighted by Crippen LogP contribution is -2.24. The molecule has 3 aromatic rings. The van der Waals surface area contributed by atoms with Gasteiger partial charge in [0.05, 0.1) is 29.5 Å². The highest BCUT2D eigenvalue weighted by atomic mass is 35.5. The molecule has 0 fully saturated rings. The summed E-state index contributed by atoms with van der Waals surface area (Å²) >= 11 is 12.2. The maximum atomic E-state index is 14.1. The van der Waals surface area contributed by atoms with Gasteiger partial charge >= 0.3 is 6.18 Å². The van der Waals surface area contributed by atoms with E-state index in [-0.39, 0.29) is 10.7 Å². The monoisotopic (exact) mass is 489 g/mol. The van der Waals surface area contributed by atoms with Gasteiger partial charge in [-0.2, -0.15) is 23.5 Å². The third kappa shape index (κ3) is 5.72. The van der Waals surface area contributed by atoms with E-state index in [4.69, 9.17) is 23.2 Å². The number of amides is 1. The number of carbonyl (C=O) groups is 1. The summed E-state index contributed by atoms with van der Waals surface area (Å²) in [6.45, 7) is 1.17. The molecule has 1 atom stereocenters. The third-order valence-corrected chi connectivity index (χ3v) is 5.27. The Morgan fingerprint density at radius 2 is 1.73 bits per heavy atom. The summed E-state index contributed by atoms with van der Waals surface area (Å²) in [7, 11) is 0. The Morgan fingerprint density at radius 1 is 1.09 bits per heavy atom. The third-order valence-electron chi connectivity index (χ3n) is 4.71. The van der Waals surface area contributed by atoms with E-state index < -0.39 is 29.1 Å². The molecule has 0 saturated carbocycles. The largest absolute Gasteiger partial charge is 0.416 e. The van der Waals surface area contributed by atoms with Crippen molar-refractivity contribution < 1.29 is 18.0 Å². The van der Waals surface area contributed by atoms with Gasteiger partial charge in [-0.15, -0.1) is 0 Å². The number of hydrazone groups is 1. The van der Waals surface area contributed by atoms with E-state index in [1.165, 1.54) is 43.5 Å². The highest BCUT2D eigenvalue weighted by molar-refractivity contribution is 6.32. The zero-order valence-electron chi connectivity index (χ0n) is 17.1. The number of rotatable bonds is 5. The van der Waals surface area contributed by atoms with Crippen LogP contribution in [0, 0.1) is 11.3 Å². The molecule has 1 unspecified atom stereocenters. The van der Waals surface area contributed by atoms with E-state index in [1.807, 2.05) is 6.07 Å². The average molecular weight is 490 g/mol. The van der Waals surface area contributed by atoms with Gasteiger partial charge in [0.25, 0.3) is 0 Å². The van der Waals surface area contributed by atoms with Gasteiger partial charge in [-0.05, 0) is 35.4 Å². The Morgan fingerprint density at radius 3 is 2.27 bits per heavy atom. The summed E-state index contributed by atoms with van der Waals surface area (Å²) in [5.74, 6) is -1.92. The van der Waals surface area contributed by atoms with Gasteiger partial charge in [0.2, 0.25) is 5.91 Å². The fourth-order valence-corrected chi connectivity index (χ4v) is 3.66. The van der Waals surface area contributed by atoms with Crippen molar-refractivity contribution in [2.24, 2.45) is 5.10 Å². The van der Waals surface area contributed by atoms with Crippen molar-refractivity contribution in [3.63, 3.8) is 0 Å². The summed E-state index contributed by atoms with van der Waals surface area (Å²) in [6, 6.07) is 18.5. The maximum absolute atomic E-state index is 14.1.